The number of Topliss-reactive ketones (excluding diaryl/α,β-unsaturated/α-hetero) is 1. The largest absolute Gasteiger partial charge is 0.481 e. The van der Waals surface area contributed by atoms with Crippen LogP contribution in [0, 0.1) is 0 Å². The van der Waals surface area contributed by atoms with Gasteiger partial charge in [-0.3, -0.25) is 14.4 Å². The standard InChI is InChI=1S/C21H16ClNO4S/c22-15-7-6-14(18(9-15)21(27)13-4-2-1-3-5-13)8-17(24)11-19-23-16(12-28-19)10-20(25)26/h1-7,9,12H,8,10-11H2,(H,25,26). The molecule has 28 heavy (non-hydrogen) atoms. The summed E-state index contributed by atoms with van der Waals surface area (Å²) >= 11 is 7.32. The molecule has 2 aromatic carbocycles. The number of aromatic nitrogens is 1. The van der Waals surface area contributed by atoms with Crippen LogP contribution >= 0.6 is 22.9 Å². The lowest BCUT2D eigenvalue weighted by Crippen LogP contribution is -2.12. The molecule has 3 aromatic rings. The minimum absolute atomic E-state index is 0.0684. The molecule has 1 heterocycles. The molecule has 0 unspecified atom stereocenters. The zero-order valence-corrected chi connectivity index (χ0v) is 16.3. The number of halogens is 1. The third-order valence-electron chi connectivity index (χ3n) is 4.02. The van der Waals surface area contributed by atoms with E-state index in [2.05, 4.69) is 4.98 Å². The van der Waals surface area contributed by atoms with E-state index in [1.807, 2.05) is 6.07 Å². The van der Waals surface area contributed by atoms with Crippen LogP contribution in [0.5, 0.6) is 0 Å². The smallest absolute Gasteiger partial charge is 0.309 e. The molecule has 5 nitrogen and oxygen atoms in total. The van der Waals surface area contributed by atoms with Crippen LogP contribution in [0.25, 0.3) is 0 Å². The third kappa shape index (κ3) is 5.12. The van der Waals surface area contributed by atoms with Gasteiger partial charge in [-0.2, -0.15) is 0 Å². The first-order chi connectivity index (χ1) is 13.4. The van der Waals surface area contributed by atoms with E-state index in [0.29, 0.717) is 32.4 Å². The number of ketones is 2. The molecule has 0 saturated carbocycles. The van der Waals surface area contributed by atoms with Crippen molar-refractivity contribution in [3.8, 4) is 0 Å². The van der Waals surface area contributed by atoms with Gasteiger partial charge in [0.05, 0.1) is 18.5 Å². The van der Waals surface area contributed by atoms with Gasteiger partial charge < -0.3 is 5.11 Å². The SMILES string of the molecule is O=C(O)Cc1csc(CC(=O)Cc2ccc(Cl)cc2C(=O)c2ccccc2)n1. The van der Waals surface area contributed by atoms with Gasteiger partial charge in [0.1, 0.15) is 10.8 Å². The fourth-order valence-electron chi connectivity index (χ4n) is 2.77. The monoisotopic (exact) mass is 413 g/mol. The number of nitrogens with zero attached hydrogens (tertiary/aromatic N) is 1. The van der Waals surface area contributed by atoms with Crippen molar-refractivity contribution in [2.24, 2.45) is 0 Å². The zero-order chi connectivity index (χ0) is 20.1. The molecule has 0 saturated heterocycles. The van der Waals surface area contributed by atoms with Crippen molar-refractivity contribution in [3.63, 3.8) is 0 Å². The Balaban J connectivity index is 1.76. The fraction of sp³-hybridized carbons (Fsp3) is 0.143. The summed E-state index contributed by atoms with van der Waals surface area (Å²) in [4.78, 5) is 40.3. The number of carboxylic acid groups (broad SMARTS) is 1. The van der Waals surface area contributed by atoms with Gasteiger partial charge >= 0.3 is 5.97 Å². The van der Waals surface area contributed by atoms with Gasteiger partial charge in [-0.05, 0) is 17.7 Å². The Labute approximate surface area is 170 Å². The highest BCUT2D eigenvalue weighted by atomic mass is 35.5. The van der Waals surface area contributed by atoms with Gasteiger partial charge in [0.15, 0.2) is 5.78 Å². The highest BCUT2D eigenvalue weighted by Gasteiger charge is 2.17. The summed E-state index contributed by atoms with van der Waals surface area (Å²) in [6.45, 7) is 0. The number of hydrogen-bond donors (Lipinski definition) is 1. The summed E-state index contributed by atoms with van der Waals surface area (Å²) in [5, 5.41) is 11.4. The summed E-state index contributed by atoms with van der Waals surface area (Å²) in [5.74, 6) is -1.27. The first-order valence-corrected chi connectivity index (χ1v) is 9.73. The Hall–Kier alpha value is -2.83. The van der Waals surface area contributed by atoms with Crippen LogP contribution in [-0.2, 0) is 28.9 Å². The molecule has 0 aliphatic carbocycles. The molecule has 7 heteroatoms. The zero-order valence-electron chi connectivity index (χ0n) is 14.7. The first-order valence-electron chi connectivity index (χ1n) is 8.47. The summed E-state index contributed by atoms with van der Waals surface area (Å²) in [5.41, 5.74) is 1.96. The molecule has 0 spiro atoms. The second-order valence-corrected chi connectivity index (χ2v) is 7.57. The number of carbonyl (C=O) groups excluding carboxylic acids is 2. The number of hydrogen-bond acceptors (Lipinski definition) is 5. The first kappa shape index (κ1) is 19.9. The summed E-state index contributed by atoms with van der Waals surface area (Å²) in [7, 11) is 0. The van der Waals surface area contributed by atoms with Crippen molar-refractivity contribution >= 4 is 40.5 Å². The predicted molar refractivity (Wildman–Crippen MR) is 107 cm³/mol. The molecule has 1 N–H and O–H groups in total. The summed E-state index contributed by atoms with van der Waals surface area (Å²) < 4.78 is 0. The van der Waals surface area contributed by atoms with Crippen molar-refractivity contribution < 1.29 is 19.5 Å². The second-order valence-electron chi connectivity index (χ2n) is 6.19. The van der Waals surface area contributed by atoms with Crippen LogP contribution < -0.4 is 0 Å². The maximum absolute atomic E-state index is 12.8. The van der Waals surface area contributed by atoms with E-state index in [1.165, 1.54) is 11.3 Å². The average molecular weight is 414 g/mol. The Bertz CT molecular complexity index is 1030. The molecule has 0 aliphatic rings. The van der Waals surface area contributed by atoms with Gasteiger partial charge in [-0.1, -0.05) is 48.0 Å². The lowest BCUT2D eigenvalue weighted by Gasteiger charge is -2.09. The molecular weight excluding hydrogens is 398 g/mol. The minimum atomic E-state index is -0.964. The maximum atomic E-state index is 12.8. The molecule has 0 amide bonds. The van der Waals surface area contributed by atoms with E-state index < -0.39 is 5.97 Å². The van der Waals surface area contributed by atoms with E-state index in [1.54, 1.807) is 47.8 Å². The molecule has 0 fully saturated rings. The lowest BCUT2D eigenvalue weighted by atomic mass is 9.95. The molecule has 3 rings (SSSR count). The predicted octanol–water partition coefficient (Wildman–Crippen LogP) is 4.01. The minimum Gasteiger partial charge on any atom is -0.481 e. The Morgan fingerprint density at radius 2 is 1.75 bits per heavy atom. The molecule has 0 aliphatic heterocycles. The molecule has 142 valence electrons. The van der Waals surface area contributed by atoms with Crippen molar-refractivity contribution in [2.45, 2.75) is 19.3 Å². The van der Waals surface area contributed by atoms with Crippen LogP contribution in [0.1, 0.15) is 32.2 Å². The molecular formula is C21H16ClNO4S. The van der Waals surface area contributed by atoms with E-state index in [4.69, 9.17) is 16.7 Å². The van der Waals surface area contributed by atoms with E-state index in [9.17, 15) is 14.4 Å². The van der Waals surface area contributed by atoms with Crippen LogP contribution in [0.2, 0.25) is 5.02 Å². The van der Waals surface area contributed by atoms with E-state index in [0.717, 1.165) is 0 Å². The van der Waals surface area contributed by atoms with Gasteiger partial charge in [0, 0.05) is 28.0 Å². The van der Waals surface area contributed by atoms with E-state index in [-0.39, 0.29) is 30.8 Å². The highest BCUT2D eigenvalue weighted by molar-refractivity contribution is 7.09. The summed E-state index contributed by atoms with van der Waals surface area (Å²) in [6.07, 6.45) is -0.0115. The average Bonchev–Trinajstić information content (AvgIpc) is 3.09. The van der Waals surface area contributed by atoms with E-state index >= 15 is 0 Å². The fourth-order valence-corrected chi connectivity index (χ4v) is 3.76. The van der Waals surface area contributed by atoms with Gasteiger partial charge in [0.2, 0.25) is 0 Å². The molecule has 1 aromatic heterocycles. The number of aliphatic carboxylic acids is 1. The molecule has 0 atom stereocenters. The van der Waals surface area contributed by atoms with Crippen molar-refractivity contribution in [2.75, 3.05) is 0 Å². The van der Waals surface area contributed by atoms with Gasteiger partial charge in [0.25, 0.3) is 0 Å². The van der Waals surface area contributed by atoms with Crippen LogP contribution in [-0.4, -0.2) is 27.6 Å². The number of carboxylic acids is 1. The quantitative estimate of drug-likeness (QED) is 0.564. The van der Waals surface area contributed by atoms with Gasteiger partial charge in [-0.25, -0.2) is 4.98 Å². The number of benzene rings is 2. The number of rotatable bonds is 8. The molecule has 0 radical (unpaired) electrons. The Kier molecular flexibility index (Phi) is 6.34. The van der Waals surface area contributed by atoms with Crippen molar-refractivity contribution in [3.05, 3.63) is 86.3 Å². The number of carbonyl (C=O) groups is 3. The van der Waals surface area contributed by atoms with Crippen LogP contribution in [0.15, 0.2) is 53.9 Å². The van der Waals surface area contributed by atoms with Crippen LogP contribution in [0.4, 0.5) is 0 Å². The van der Waals surface area contributed by atoms with Gasteiger partial charge in [-0.15, -0.1) is 11.3 Å². The Morgan fingerprint density at radius 1 is 1.00 bits per heavy atom. The Morgan fingerprint density at radius 3 is 2.46 bits per heavy atom. The molecule has 0 bridgehead atoms. The number of thiazole rings is 1. The van der Waals surface area contributed by atoms with Crippen molar-refractivity contribution in [1.82, 2.24) is 4.98 Å². The normalized spacial score (nSPS) is 10.6. The van der Waals surface area contributed by atoms with Crippen LogP contribution in [0.3, 0.4) is 0 Å². The summed E-state index contributed by atoms with van der Waals surface area (Å²) in [6, 6.07) is 13.7. The van der Waals surface area contributed by atoms with Crippen molar-refractivity contribution in [1.29, 1.82) is 0 Å². The highest BCUT2D eigenvalue weighted by Crippen LogP contribution is 2.21. The topological polar surface area (TPSA) is 84.3 Å². The third-order valence-corrected chi connectivity index (χ3v) is 5.15. The second kappa shape index (κ2) is 8.91. The lowest BCUT2D eigenvalue weighted by molar-refractivity contribution is -0.136. The maximum Gasteiger partial charge on any atom is 0.309 e.